The molecule has 0 radical (unpaired) electrons. The SMILES string of the molecule is CCC(CC)=NOC(=O)C12CCCC1C(C)=NO2. The molecule has 5 nitrogen and oxygen atoms in total. The van der Waals surface area contributed by atoms with Crippen LogP contribution in [0.15, 0.2) is 10.3 Å². The Balaban J connectivity index is 2.08. The lowest BCUT2D eigenvalue weighted by molar-refractivity contribution is -0.172. The highest BCUT2D eigenvalue weighted by atomic mass is 16.7. The van der Waals surface area contributed by atoms with Gasteiger partial charge < -0.3 is 9.68 Å². The molecule has 0 aromatic heterocycles. The van der Waals surface area contributed by atoms with Crippen LogP contribution in [0.1, 0.15) is 52.9 Å². The third-order valence-electron chi connectivity index (χ3n) is 3.88. The van der Waals surface area contributed by atoms with Gasteiger partial charge in [-0.2, -0.15) is 0 Å². The summed E-state index contributed by atoms with van der Waals surface area (Å²) in [6.45, 7) is 5.89. The number of hydrogen-bond donors (Lipinski definition) is 0. The normalized spacial score (nSPS) is 29.3. The van der Waals surface area contributed by atoms with Crippen molar-refractivity contribution in [1.82, 2.24) is 0 Å². The van der Waals surface area contributed by atoms with Gasteiger partial charge in [-0.25, -0.2) is 4.79 Å². The Hall–Kier alpha value is -1.39. The van der Waals surface area contributed by atoms with E-state index in [0.717, 1.165) is 37.1 Å². The summed E-state index contributed by atoms with van der Waals surface area (Å²) in [5.41, 5.74) is 0.866. The van der Waals surface area contributed by atoms with Crippen molar-refractivity contribution < 1.29 is 14.5 Å². The van der Waals surface area contributed by atoms with Crippen LogP contribution in [0.4, 0.5) is 0 Å². The monoisotopic (exact) mass is 252 g/mol. The van der Waals surface area contributed by atoms with E-state index in [-0.39, 0.29) is 5.92 Å². The Morgan fingerprint density at radius 1 is 1.56 bits per heavy atom. The summed E-state index contributed by atoms with van der Waals surface area (Å²) in [5, 5.41) is 7.87. The van der Waals surface area contributed by atoms with Crippen LogP contribution in [-0.2, 0) is 14.5 Å². The Labute approximate surface area is 107 Å². The van der Waals surface area contributed by atoms with E-state index in [0.29, 0.717) is 6.42 Å². The minimum absolute atomic E-state index is 0.0619. The molecule has 2 atom stereocenters. The molecule has 100 valence electrons. The van der Waals surface area contributed by atoms with Crippen molar-refractivity contribution in [3.8, 4) is 0 Å². The van der Waals surface area contributed by atoms with Crippen molar-refractivity contribution in [1.29, 1.82) is 0 Å². The summed E-state index contributed by atoms with van der Waals surface area (Å²) in [6.07, 6.45) is 4.14. The van der Waals surface area contributed by atoms with E-state index in [1.807, 2.05) is 20.8 Å². The predicted molar refractivity (Wildman–Crippen MR) is 68.4 cm³/mol. The van der Waals surface area contributed by atoms with Crippen LogP contribution >= 0.6 is 0 Å². The van der Waals surface area contributed by atoms with E-state index in [2.05, 4.69) is 10.3 Å². The topological polar surface area (TPSA) is 60.2 Å². The number of carbonyl (C=O) groups is 1. The van der Waals surface area contributed by atoms with E-state index in [1.54, 1.807) is 0 Å². The average Bonchev–Trinajstić information content (AvgIpc) is 2.93. The average molecular weight is 252 g/mol. The zero-order valence-electron chi connectivity index (χ0n) is 11.2. The molecule has 0 aromatic carbocycles. The minimum Gasteiger partial charge on any atom is -0.376 e. The van der Waals surface area contributed by atoms with Gasteiger partial charge in [0, 0.05) is 6.42 Å². The summed E-state index contributed by atoms with van der Waals surface area (Å²) < 4.78 is 0. The van der Waals surface area contributed by atoms with Crippen LogP contribution in [0.25, 0.3) is 0 Å². The molecule has 1 fully saturated rings. The molecule has 1 aliphatic carbocycles. The van der Waals surface area contributed by atoms with Crippen molar-refractivity contribution in [2.24, 2.45) is 16.2 Å². The molecule has 0 aromatic rings. The lowest BCUT2D eigenvalue weighted by atomic mass is 9.88. The van der Waals surface area contributed by atoms with Crippen molar-refractivity contribution >= 4 is 17.4 Å². The minimum atomic E-state index is -0.903. The van der Waals surface area contributed by atoms with Gasteiger partial charge in [0.15, 0.2) is 0 Å². The molecular weight excluding hydrogens is 232 g/mol. The highest BCUT2D eigenvalue weighted by Gasteiger charge is 2.58. The summed E-state index contributed by atoms with van der Waals surface area (Å²) in [7, 11) is 0. The fraction of sp³-hybridized carbons (Fsp3) is 0.769. The number of fused-ring (bicyclic) bond motifs is 1. The lowest BCUT2D eigenvalue weighted by Gasteiger charge is -2.22. The van der Waals surface area contributed by atoms with Gasteiger partial charge in [-0.1, -0.05) is 24.2 Å². The lowest BCUT2D eigenvalue weighted by Crippen LogP contribution is -2.43. The molecular formula is C13H20N2O3. The first-order chi connectivity index (χ1) is 8.64. The van der Waals surface area contributed by atoms with Gasteiger partial charge in [0.2, 0.25) is 5.60 Å². The van der Waals surface area contributed by atoms with E-state index < -0.39 is 11.6 Å². The molecule has 5 heteroatoms. The van der Waals surface area contributed by atoms with E-state index in [1.165, 1.54) is 0 Å². The number of carbonyl (C=O) groups excluding carboxylic acids is 1. The quantitative estimate of drug-likeness (QED) is 0.439. The number of hydrogen-bond acceptors (Lipinski definition) is 5. The Kier molecular flexibility index (Phi) is 3.68. The summed E-state index contributed by atoms with van der Waals surface area (Å²) in [6, 6.07) is 0. The first-order valence-electron chi connectivity index (χ1n) is 6.64. The summed E-state index contributed by atoms with van der Waals surface area (Å²) >= 11 is 0. The number of nitrogens with zero attached hydrogens (tertiary/aromatic N) is 2. The third kappa shape index (κ3) is 2.02. The molecule has 0 spiro atoms. The first kappa shape index (κ1) is 13.1. The number of rotatable bonds is 4. The van der Waals surface area contributed by atoms with Gasteiger partial charge >= 0.3 is 5.97 Å². The van der Waals surface area contributed by atoms with Gasteiger partial charge in [-0.15, -0.1) is 0 Å². The molecule has 1 heterocycles. The molecule has 0 bridgehead atoms. The van der Waals surface area contributed by atoms with Gasteiger partial charge in [0.1, 0.15) is 0 Å². The standard InChI is InChI=1S/C13H20N2O3/c1-4-10(5-2)15-17-12(16)13-8-6-7-11(13)9(3)14-18-13/h11H,4-8H2,1-3H3. The molecule has 1 saturated carbocycles. The maximum atomic E-state index is 12.2. The largest absolute Gasteiger partial charge is 0.381 e. The Morgan fingerprint density at radius 3 is 2.94 bits per heavy atom. The zero-order valence-corrected chi connectivity index (χ0v) is 11.2. The second-order valence-corrected chi connectivity index (χ2v) is 4.90. The number of oxime groups is 2. The fourth-order valence-corrected chi connectivity index (χ4v) is 2.69. The van der Waals surface area contributed by atoms with Crippen molar-refractivity contribution in [2.75, 3.05) is 0 Å². The molecule has 0 N–H and O–H groups in total. The molecule has 0 amide bonds. The second-order valence-electron chi connectivity index (χ2n) is 4.90. The van der Waals surface area contributed by atoms with E-state index in [9.17, 15) is 4.79 Å². The van der Waals surface area contributed by atoms with Crippen LogP contribution in [0.2, 0.25) is 0 Å². The third-order valence-corrected chi connectivity index (χ3v) is 3.88. The van der Waals surface area contributed by atoms with Gasteiger partial charge in [-0.3, -0.25) is 0 Å². The van der Waals surface area contributed by atoms with Gasteiger partial charge in [0.25, 0.3) is 0 Å². The van der Waals surface area contributed by atoms with Crippen LogP contribution in [0, 0.1) is 5.92 Å². The maximum Gasteiger partial charge on any atom is 0.381 e. The second kappa shape index (κ2) is 5.08. The van der Waals surface area contributed by atoms with E-state index in [4.69, 9.17) is 9.68 Å². The Morgan fingerprint density at radius 2 is 2.28 bits per heavy atom. The van der Waals surface area contributed by atoms with Crippen LogP contribution < -0.4 is 0 Å². The molecule has 2 unspecified atom stereocenters. The first-order valence-corrected chi connectivity index (χ1v) is 6.64. The fourth-order valence-electron chi connectivity index (χ4n) is 2.69. The smallest absolute Gasteiger partial charge is 0.376 e. The van der Waals surface area contributed by atoms with Crippen LogP contribution in [0.3, 0.4) is 0 Å². The zero-order chi connectivity index (χ0) is 13.2. The summed E-state index contributed by atoms with van der Waals surface area (Å²) in [5.74, 6) is -0.336. The maximum absolute atomic E-state index is 12.2. The van der Waals surface area contributed by atoms with Crippen molar-refractivity contribution in [2.45, 2.75) is 58.5 Å². The molecule has 2 aliphatic rings. The van der Waals surface area contributed by atoms with Gasteiger partial charge in [0.05, 0.1) is 17.3 Å². The highest BCUT2D eigenvalue weighted by molar-refractivity contribution is 5.95. The summed E-state index contributed by atoms with van der Waals surface area (Å²) in [4.78, 5) is 22.7. The van der Waals surface area contributed by atoms with Crippen LogP contribution in [0.5, 0.6) is 0 Å². The Bertz CT molecular complexity index is 397. The molecule has 0 saturated heterocycles. The molecule has 1 aliphatic heterocycles. The molecule has 18 heavy (non-hydrogen) atoms. The van der Waals surface area contributed by atoms with Crippen LogP contribution in [-0.4, -0.2) is 23.0 Å². The highest BCUT2D eigenvalue weighted by Crippen LogP contribution is 2.44. The van der Waals surface area contributed by atoms with E-state index >= 15 is 0 Å². The predicted octanol–water partition coefficient (Wildman–Crippen LogP) is 2.65. The van der Waals surface area contributed by atoms with Crippen molar-refractivity contribution in [3.05, 3.63) is 0 Å². The molecule has 2 rings (SSSR count). The van der Waals surface area contributed by atoms with Gasteiger partial charge in [-0.05, 0) is 32.6 Å². The van der Waals surface area contributed by atoms with Crippen molar-refractivity contribution in [3.63, 3.8) is 0 Å².